The van der Waals surface area contributed by atoms with E-state index >= 15 is 0 Å². The van der Waals surface area contributed by atoms with Gasteiger partial charge in [0.1, 0.15) is 22.5 Å². The highest BCUT2D eigenvalue weighted by molar-refractivity contribution is 5.88. The number of phenols is 1. The number of carbonyl (C=O) groups excluding carboxylic acids is 1. The van der Waals surface area contributed by atoms with E-state index in [1.807, 2.05) is 0 Å². The van der Waals surface area contributed by atoms with E-state index in [1.54, 1.807) is 0 Å². The molecule has 0 saturated heterocycles. The molecule has 24 heavy (non-hydrogen) atoms. The van der Waals surface area contributed by atoms with Gasteiger partial charge in [0.2, 0.25) is 11.0 Å². The lowest BCUT2D eigenvalue weighted by Gasteiger charge is -2.34. The Bertz CT molecular complexity index is 884. The van der Waals surface area contributed by atoms with E-state index in [4.69, 9.17) is 4.42 Å². The summed E-state index contributed by atoms with van der Waals surface area (Å²) in [6.45, 7) is -0.366. The van der Waals surface area contributed by atoms with E-state index in [2.05, 4.69) is 4.74 Å². The lowest BCUT2D eigenvalue weighted by molar-refractivity contribution is -0.180. The van der Waals surface area contributed by atoms with E-state index in [1.165, 1.54) is 12.1 Å². The lowest BCUT2D eigenvalue weighted by Crippen LogP contribution is -2.53. The molecule has 0 radical (unpaired) electrons. The molecule has 2 atom stereocenters. The van der Waals surface area contributed by atoms with Crippen LogP contribution < -0.4 is 5.43 Å². The average Bonchev–Trinajstić information content (AvgIpc) is 2.56. The van der Waals surface area contributed by atoms with Crippen molar-refractivity contribution in [3.05, 3.63) is 39.2 Å². The Labute approximate surface area is 135 Å². The molecule has 0 amide bonds. The molecule has 0 saturated carbocycles. The van der Waals surface area contributed by atoms with Gasteiger partial charge in [-0.05, 0) is 24.1 Å². The molecule has 8 heteroatoms. The normalized spacial score (nSPS) is 23.1. The number of hydrogen-bond acceptors (Lipinski definition) is 8. The number of hydrogen-bond donors (Lipinski definition) is 4. The molecule has 1 heterocycles. The van der Waals surface area contributed by atoms with Gasteiger partial charge >= 0.3 is 5.97 Å². The minimum atomic E-state index is -2.57. The third-order valence-corrected chi connectivity index (χ3v) is 4.29. The molecule has 0 spiro atoms. The lowest BCUT2D eigenvalue weighted by atomic mass is 9.79. The maximum absolute atomic E-state index is 12.8. The molecular formula is C16H16O8. The Balaban J connectivity index is 2.40. The van der Waals surface area contributed by atoms with Crippen LogP contribution in [0.1, 0.15) is 23.3 Å². The number of aliphatic hydroxyl groups is 3. The number of carbonyl (C=O) groups is 1. The summed E-state index contributed by atoms with van der Waals surface area (Å²) in [5, 5.41) is 39.8. The molecule has 3 rings (SSSR count). The minimum Gasteiger partial charge on any atom is -0.507 e. The smallest absolute Gasteiger partial charge is 0.345 e. The van der Waals surface area contributed by atoms with Gasteiger partial charge in [-0.3, -0.25) is 4.79 Å². The van der Waals surface area contributed by atoms with Gasteiger partial charge < -0.3 is 29.6 Å². The quantitative estimate of drug-likeness (QED) is 0.547. The number of fused-ring (bicyclic) bond motifs is 2. The predicted octanol–water partition coefficient (Wildman–Crippen LogP) is -0.341. The molecule has 4 N–H and O–H groups in total. The number of rotatable bonds is 2. The van der Waals surface area contributed by atoms with Crippen molar-refractivity contribution in [3.63, 3.8) is 0 Å². The van der Waals surface area contributed by atoms with Crippen LogP contribution in [-0.2, 0) is 28.2 Å². The Morgan fingerprint density at radius 3 is 2.79 bits per heavy atom. The van der Waals surface area contributed by atoms with Crippen LogP contribution in [0.4, 0.5) is 0 Å². The van der Waals surface area contributed by atoms with E-state index in [0.29, 0.717) is 5.56 Å². The number of methoxy groups -OCH3 is 1. The molecule has 8 nitrogen and oxygen atoms in total. The highest BCUT2D eigenvalue weighted by atomic mass is 16.5. The van der Waals surface area contributed by atoms with Gasteiger partial charge in [-0.2, -0.15) is 0 Å². The largest absolute Gasteiger partial charge is 0.507 e. The summed E-state index contributed by atoms with van der Waals surface area (Å²) in [5.41, 5.74) is -3.49. The molecular weight excluding hydrogens is 320 g/mol. The molecule has 128 valence electrons. The van der Waals surface area contributed by atoms with Crippen molar-refractivity contribution in [3.8, 4) is 5.75 Å². The van der Waals surface area contributed by atoms with Crippen LogP contribution >= 0.6 is 0 Å². The Kier molecular flexibility index (Phi) is 3.83. The summed E-state index contributed by atoms with van der Waals surface area (Å²) < 4.78 is 10.1. The van der Waals surface area contributed by atoms with Gasteiger partial charge in [-0.1, -0.05) is 0 Å². The fourth-order valence-corrected chi connectivity index (χ4v) is 3.09. The third kappa shape index (κ3) is 2.11. The third-order valence-electron chi connectivity index (χ3n) is 4.29. The van der Waals surface area contributed by atoms with Crippen molar-refractivity contribution in [2.45, 2.75) is 31.2 Å². The number of aliphatic hydroxyl groups excluding tert-OH is 2. The number of benzene rings is 1. The summed E-state index contributed by atoms with van der Waals surface area (Å²) in [6.07, 6.45) is -1.44. The predicted molar refractivity (Wildman–Crippen MR) is 80.3 cm³/mol. The first-order valence-corrected chi connectivity index (χ1v) is 7.26. The van der Waals surface area contributed by atoms with Gasteiger partial charge in [0, 0.05) is 6.42 Å². The summed E-state index contributed by atoms with van der Waals surface area (Å²) in [7, 11) is 1.02. The number of aromatic hydroxyl groups is 1. The molecule has 0 fully saturated rings. The van der Waals surface area contributed by atoms with Crippen LogP contribution in [0.25, 0.3) is 11.0 Å². The van der Waals surface area contributed by atoms with E-state index in [0.717, 1.165) is 7.11 Å². The van der Waals surface area contributed by atoms with Crippen LogP contribution in [0.3, 0.4) is 0 Å². The first kappa shape index (κ1) is 16.4. The summed E-state index contributed by atoms with van der Waals surface area (Å²) in [4.78, 5) is 24.8. The molecule has 0 bridgehead atoms. The average molecular weight is 336 g/mol. The van der Waals surface area contributed by atoms with E-state index in [-0.39, 0.29) is 36.2 Å². The van der Waals surface area contributed by atoms with E-state index < -0.39 is 34.4 Å². The molecule has 2 aromatic rings. The number of ether oxygens (including phenoxy) is 1. The maximum Gasteiger partial charge on any atom is 0.345 e. The van der Waals surface area contributed by atoms with Crippen LogP contribution in [0.5, 0.6) is 5.75 Å². The van der Waals surface area contributed by atoms with Crippen molar-refractivity contribution in [2.24, 2.45) is 0 Å². The Hall–Kier alpha value is -2.42. The van der Waals surface area contributed by atoms with Crippen LogP contribution in [0.15, 0.2) is 21.3 Å². The minimum absolute atomic E-state index is 0.0152. The first-order valence-electron chi connectivity index (χ1n) is 7.26. The monoisotopic (exact) mass is 336 g/mol. The van der Waals surface area contributed by atoms with Crippen molar-refractivity contribution in [1.29, 1.82) is 0 Å². The first-order chi connectivity index (χ1) is 11.3. The SMILES string of the molecule is COC(=O)C1(O)c2c(oc3cc(CO)cc(O)c3c2=O)CCC1O. The van der Waals surface area contributed by atoms with Gasteiger partial charge in [0.05, 0.1) is 25.4 Å². The van der Waals surface area contributed by atoms with Gasteiger partial charge in [-0.15, -0.1) is 0 Å². The van der Waals surface area contributed by atoms with Crippen molar-refractivity contribution in [1.82, 2.24) is 0 Å². The second-order valence-corrected chi connectivity index (χ2v) is 5.69. The summed E-state index contributed by atoms with van der Waals surface area (Å²) in [6, 6.07) is 2.57. The molecule has 1 aromatic carbocycles. The van der Waals surface area contributed by atoms with Crippen LogP contribution in [0.2, 0.25) is 0 Å². The van der Waals surface area contributed by atoms with Crippen molar-refractivity contribution in [2.75, 3.05) is 7.11 Å². The topological polar surface area (TPSA) is 137 Å². The van der Waals surface area contributed by atoms with Gasteiger partial charge in [-0.25, -0.2) is 4.79 Å². The maximum atomic E-state index is 12.8. The second kappa shape index (κ2) is 5.59. The summed E-state index contributed by atoms with van der Waals surface area (Å²) in [5.74, 6) is -1.62. The van der Waals surface area contributed by atoms with Crippen molar-refractivity contribution >= 4 is 16.9 Å². The van der Waals surface area contributed by atoms with Crippen molar-refractivity contribution < 1.29 is 34.4 Å². The fraction of sp³-hybridized carbons (Fsp3) is 0.375. The zero-order chi connectivity index (χ0) is 17.6. The standard InChI is InChI=1S/C16H16O8/c1-23-15(21)16(22)11(19)3-2-9-13(16)14(20)12-8(18)4-7(6-17)5-10(12)24-9/h4-5,11,17-19,22H,2-3,6H2,1H3. The van der Waals surface area contributed by atoms with E-state index in [9.17, 15) is 30.0 Å². The highest BCUT2D eigenvalue weighted by Crippen LogP contribution is 2.37. The van der Waals surface area contributed by atoms with Gasteiger partial charge in [0.25, 0.3) is 0 Å². The molecule has 2 unspecified atom stereocenters. The Morgan fingerprint density at radius 1 is 1.46 bits per heavy atom. The zero-order valence-corrected chi connectivity index (χ0v) is 12.8. The molecule has 1 aromatic heterocycles. The van der Waals surface area contributed by atoms with Gasteiger partial charge in [0.15, 0.2) is 0 Å². The highest BCUT2D eigenvalue weighted by Gasteiger charge is 2.53. The molecule has 0 aliphatic heterocycles. The summed E-state index contributed by atoms with van der Waals surface area (Å²) >= 11 is 0. The van der Waals surface area contributed by atoms with Crippen LogP contribution in [-0.4, -0.2) is 39.6 Å². The Morgan fingerprint density at radius 2 is 2.17 bits per heavy atom. The number of phenolic OH excluding ortho intramolecular Hbond substituents is 1. The molecule has 1 aliphatic carbocycles. The number of esters is 1. The second-order valence-electron chi connectivity index (χ2n) is 5.69. The zero-order valence-electron chi connectivity index (χ0n) is 12.8. The van der Waals surface area contributed by atoms with Crippen LogP contribution in [0, 0.1) is 0 Å². The number of aryl methyl sites for hydroxylation is 1. The fourth-order valence-electron chi connectivity index (χ4n) is 3.09. The molecule has 1 aliphatic rings.